The van der Waals surface area contributed by atoms with Crippen molar-refractivity contribution in [3.05, 3.63) is 47.4 Å². The molecule has 1 unspecified atom stereocenters. The molecule has 1 N–H and O–H groups in total. The molecular formula is C14H18FN. The Bertz CT molecular complexity index is 378. The highest BCUT2D eigenvalue weighted by Crippen LogP contribution is 2.27. The van der Waals surface area contributed by atoms with Crippen molar-refractivity contribution in [1.29, 1.82) is 0 Å². The fourth-order valence-electron chi connectivity index (χ4n) is 2.10. The summed E-state index contributed by atoms with van der Waals surface area (Å²) in [5.74, 6) is 0.799. The van der Waals surface area contributed by atoms with Gasteiger partial charge in [0.1, 0.15) is 5.82 Å². The average molecular weight is 219 g/mol. The van der Waals surface area contributed by atoms with Gasteiger partial charge in [-0.25, -0.2) is 4.39 Å². The number of benzene rings is 1. The smallest absolute Gasteiger partial charge is 0.123 e. The first kappa shape index (κ1) is 11.2. The van der Waals surface area contributed by atoms with Gasteiger partial charge in [-0.05, 0) is 30.0 Å². The summed E-state index contributed by atoms with van der Waals surface area (Å²) in [5.41, 5.74) is 2.52. The molecule has 0 radical (unpaired) electrons. The Hall–Kier alpha value is -1.31. The Kier molecular flexibility index (Phi) is 3.28. The highest BCUT2D eigenvalue weighted by atomic mass is 19.1. The van der Waals surface area contributed by atoms with Crippen LogP contribution in [0.1, 0.15) is 31.7 Å². The molecule has 1 aliphatic rings. The van der Waals surface area contributed by atoms with Crippen molar-refractivity contribution in [2.75, 3.05) is 6.54 Å². The number of halogens is 1. The molecule has 2 rings (SSSR count). The third-order valence-corrected chi connectivity index (χ3v) is 3.09. The van der Waals surface area contributed by atoms with E-state index in [-0.39, 0.29) is 5.82 Å². The topological polar surface area (TPSA) is 12.0 Å². The number of hydrogen-bond donors (Lipinski definition) is 1. The van der Waals surface area contributed by atoms with Crippen molar-refractivity contribution in [1.82, 2.24) is 5.32 Å². The molecule has 0 saturated heterocycles. The summed E-state index contributed by atoms with van der Waals surface area (Å²) in [6.45, 7) is 5.38. The van der Waals surface area contributed by atoms with E-state index in [0.29, 0.717) is 11.8 Å². The summed E-state index contributed by atoms with van der Waals surface area (Å²) in [4.78, 5) is 0. The third kappa shape index (κ3) is 2.43. The van der Waals surface area contributed by atoms with Crippen LogP contribution in [0.4, 0.5) is 4.39 Å². The van der Waals surface area contributed by atoms with E-state index in [1.807, 2.05) is 12.1 Å². The molecule has 1 atom stereocenters. The SMILES string of the molecule is CC(C)C1=CC(c2ccc(F)cc2)CCN1. The van der Waals surface area contributed by atoms with Crippen LogP contribution >= 0.6 is 0 Å². The van der Waals surface area contributed by atoms with Gasteiger partial charge in [-0.3, -0.25) is 0 Å². The van der Waals surface area contributed by atoms with Crippen molar-refractivity contribution >= 4 is 0 Å². The van der Waals surface area contributed by atoms with Gasteiger partial charge in [0.05, 0.1) is 0 Å². The lowest BCUT2D eigenvalue weighted by Crippen LogP contribution is -2.25. The number of allylic oxidation sites excluding steroid dienone is 2. The fraction of sp³-hybridized carbons (Fsp3) is 0.429. The summed E-state index contributed by atoms with van der Waals surface area (Å²) in [5, 5.41) is 3.42. The second kappa shape index (κ2) is 4.69. The predicted molar refractivity (Wildman–Crippen MR) is 64.7 cm³/mol. The van der Waals surface area contributed by atoms with Crippen LogP contribution < -0.4 is 5.32 Å². The standard InChI is InChI=1S/C14H18FN/c1-10(2)14-9-12(7-8-16-14)11-3-5-13(15)6-4-11/h3-6,9-10,12,16H,7-8H2,1-2H3. The maximum Gasteiger partial charge on any atom is 0.123 e. The quantitative estimate of drug-likeness (QED) is 0.803. The molecule has 0 fully saturated rings. The zero-order valence-electron chi connectivity index (χ0n) is 9.83. The van der Waals surface area contributed by atoms with Gasteiger partial charge in [0.25, 0.3) is 0 Å². The van der Waals surface area contributed by atoms with Crippen molar-refractivity contribution in [2.45, 2.75) is 26.2 Å². The van der Waals surface area contributed by atoms with Gasteiger partial charge in [0, 0.05) is 18.2 Å². The molecule has 1 aromatic carbocycles. The van der Waals surface area contributed by atoms with Gasteiger partial charge in [-0.1, -0.05) is 32.1 Å². The summed E-state index contributed by atoms with van der Waals surface area (Å²) < 4.78 is 12.8. The minimum atomic E-state index is -0.161. The Morgan fingerprint density at radius 1 is 1.25 bits per heavy atom. The predicted octanol–water partition coefficient (Wildman–Crippen LogP) is 3.44. The number of rotatable bonds is 2. The van der Waals surface area contributed by atoms with E-state index in [0.717, 1.165) is 13.0 Å². The maximum absolute atomic E-state index is 12.8. The van der Waals surface area contributed by atoms with Crippen LogP contribution in [0.5, 0.6) is 0 Å². The largest absolute Gasteiger partial charge is 0.388 e. The van der Waals surface area contributed by atoms with E-state index in [9.17, 15) is 4.39 Å². The van der Waals surface area contributed by atoms with Crippen LogP contribution in [0.15, 0.2) is 36.0 Å². The van der Waals surface area contributed by atoms with E-state index in [2.05, 4.69) is 25.2 Å². The van der Waals surface area contributed by atoms with Crippen LogP contribution in [-0.4, -0.2) is 6.54 Å². The highest BCUT2D eigenvalue weighted by Gasteiger charge is 2.16. The Morgan fingerprint density at radius 3 is 2.56 bits per heavy atom. The van der Waals surface area contributed by atoms with Crippen LogP contribution in [0.2, 0.25) is 0 Å². The molecule has 86 valence electrons. The van der Waals surface area contributed by atoms with E-state index in [4.69, 9.17) is 0 Å². The first-order valence-electron chi connectivity index (χ1n) is 5.88. The van der Waals surface area contributed by atoms with Crippen molar-refractivity contribution in [3.63, 3.8) is 0 Å². The maximum atomic E-state index is 12.8. The second-order valence-corrected chi connectivity index (χ2v) is 4.65. The molecule has 16 heavy (non-hydrogen) atoms. The van der Waals surface area contributed by atoms with E-state index >= 15 is 0 Å². The molecular weight excluding hydrogens is 201 g/mol. The molecule has 2 heteroatoms. The van der Waals surface area contributed by atoms with E-state index in [1.165, 1.54) is 11.3 Å². The fourth-order valence-corrected chi connectivity index (χ4v) is 2.10. The Balaban J connectivity index is 2.21. The number of nitrogens with one attached hydrogen (secondary N) is 1. The molecule has 0 aromatic heterocycles. The van der Waals surface area contributed by atoms with Gasteiger partial charge in [0.2, 0.25) is 0 Å². The lowest BCUT2D eigenvalue weighted by Gasteiger charge is -2.25. The van der Waals surface area contributed by atoms with Gasteiger partial charge in [-0.2, -0.15) is 0 Å². The van der Waals surface area contributed by atoms with Gasteiger partial charge >= 0.3 is 0 Å². The van der Waals surface area contributed by atoms with Crippen LogP contribution in [0, 0.1) is 11.7 Å². The molecule has 0 bridgehead atoms. The summed E-state index contributed by atoms with van der Waals surface area (Å²) in [6.07, 6.45) is 3.36. The van der Waals surface area contributed by atoms with Gasteiger partial charge < -0.3 is 5.32 Å². The minimum Gasteiger partial charge on any atom is -0.388 e. The van der Waals surface area contributed by atoms with Crippen LogP contribution in [0.3, 0.4) is 0 Å². The molecule has 1 nitrogen and oxygen atoms in total. The highest BCUT2D eigenvalue weighted by molar-refractivity contribution is 5.27. The monoisotopic (exact) mass is 219 g/mol. The molecule has 1 aliphatic heterocycles. The zero-order valence-corrected chi connectivity index (χ0v) is 9.83. The molecule has 0 saturated carbocycles. The third-order valence-electron chi connectivity index (χ3n) is 3.09. The van der Waals surface area contributed by atoms with Crippen molar-refractivity contribution < 1.29 is 4.39 Å². The number of hydrogen-bond acceptors (Lipinski definition) is 1. The molecule has 1 heterocycles. The molecule has 0 amide bonds. The first-order valence-corrected chi connectivity index (χ1v) is 5.88. The average Bonchev–Trinajstić information content (AvgIpc) is 2.30. The minimum absolute atomic E-state index is 0.161. The molecule has 0 aliphatic carbocycles. The van der Waals surface area contributed by atoms with Crippen LogP contribution in [0.25, 0.3) is 0 Å². The second-order valence-electron chi connectivity index (χ2n) is 4.65. The lowest BCUT2D eigenvalue weighted by atomic mass is 9.90. The first-order chi connectivity index (χ1) is 7.66. The van der Waals surface area contributed by atoms with Crippen LogP contribution in [-0.2, 0) is 0 Å². The van der Waals surface area contributed by atoms with Crippen molar-refractivity contribution in [3.8, 4) is 0 Å². The zero-order chi connectivity index (χ0) is 11.5. The summed E-state index contributed by atoms with van der Waals surface area (Å²) >= 11 is 0. The van der Waals surface area contributed by atoms with E-state index < -0.39 is 0 Å². The summed E-state index contributed by atoms with van der Waals surface area (Å²) in [7, 11) is 0. The Morgan fingerprint density at radius 2 is 1.94 bits per heavy atom. The van der Waals surface area contributed by atoms with Crippen molar-refractivity contribution in [2.24, 2.45) is 5.92 Å². The summed E-state index contributed by atoms with van der Waals surface area (Å²) in [6, 6.07) is 6.86. The van der Waals surface area contributed by atoms with E-state index in [1.54, 1.807) is 12.1 Å². The Labute approximate surface area is 96.4 Å². The normalized spacial score (nSPS) is 20.5. The molecule has 1 aromatic rings. The van der Waals surface area contributed by atoms with Gasteiger partial charge in [0.15, 0.2) is 0 Å². The lowest BCUT2D eigenvalue weighted by molar-refractivity contribution is 0.564. The van der Waals surface area contributed by atoms with Gasteiger partial charge in [-0.15, -0.1) is 0 Å². The molecule has 0 spiro atoms.